The molecule has 0 aliphatic heterocycles. The van der Waals surface area contributed by atoms with Gasteiger partial charge in [-0.3, -0.25) is 9.59 Å². The Balaban J connectivity index is 2.48. The van der Waals surface area contributed by atoms with Gasteiger partial charge in [0.15, 0.2) is 0 Å². The minimum Gasteiger partial charge on any atom is -0.396 e. The van der Waals surface area contributed by atoms with Crippen molar-refractivity contribution in [3.05, 3.63) is 29.8 Å². The molecule has 1 rings (SSSR count). The van der Waals surface area contributed by atoms with Crippen molar-refractivity contribution >= 4 is 17.5 Å². The Labute approximate surface area is 119 Å². The molecule has 0 saturated heterocycles. The second kappa shape index (κ2) is 7.05. The molecule has 20 heavy (non-hydrogen) atoms. The second-order valence-corrected chi connectivity index (χ2v) is 5.65. The average molecular weight is 278 g/mol. The maximum absolute atomic E-state index is 11.8. The SMILES string of the molecule is CC(=O)Nc1ccc(CC(=O)NCC(C)(C)CO)cc1. The molecule has 0 saturated carbocycles. The number of carbonyl (C=O) groups excluding carboxylic acids is 2. The fraction of sp³-hybridized carbons (Fsp3) is 0.467. The molecule has 0 fully saturated rings. The number of amides is 2. The molecule has 0 aliphatic rings. The van der Waals surface area contributed by atoms with Crippen LogP contribution in [-0.2, 0) is 16.0 Å². The van der Waals surface area contributed by atoms with Crippen molar-refractivity contribution < 1.29 is 14.7 Å². The van der Waals surface area contributed by atoms with Gasteiger partial charge in [-0.15, -0.1) is 0 Å². The first-order chi connectivity index (χ1) is 9.32. The summed E-state index contributed by atoms with van der Waals surface area (Å²) in [5.74, 6) is -0.208. The molecule has 0 radical (unpaired) electrons. The van der Waals surface area contributed by atoms with Gasteiger partial charge in [0.1, 0.15) is 0 Å². The number of anilines is 1. The fourth-order valence-corrected chi connectivity index (χ4v) is 1.55. The van der Waals surface area contributed by atoms with Crippen LogP contribution in [0.25, 0.3) is 0 Å². The Bertz CT molecular complexity index is 467. The molecule has 2 amide bonds. The number of rotatable bonds is 6. The zero-order valence-electron chi connectivity index (χ0n) is 12.2. The highest BCUT2D eigenvalue weighted by molar-refractivity contribution is 5.88. The third-order valence-corrected chi connectivity index (χ3v) is 2.83. The van der Waals surface area contributed by atoms with Crippen LogP contribution in [0.15, 0.2) is 24.3 Å². The first-order valence-corrected chi connectivity index (χ1v) is 6.56. The lowest BCUT2D eigenvalue weighted by Gasteiger charge is -2.21. The van der Waals surface area contributed by atoms with E-state index in [9.17, 15) is 9.59 Å². The summed E-state index contributed by atoms with van der Waals surface area (Å²) in [5, 5.41) is 14.6. The van der Waals surface area contributed by atoms with Crippen LogP contribution < -0.4 is 10.6 Å². The molecule has 1 aromatic rings. The molecule has 0 aromatic heterocycles. The summed E-state index contributed by atoms with van der Waals surface area (Å²) >= 11 is 0. The number of hydrogen-bond donors (Lipinski definition) is 3. The van der Waals surface area contributed by atoms with Crippen LogP contribution >= 0.6 is 0 Å². The smallest absolute Gasteiger partial charge is 0.224 e. The number of aliphatic hydroxyl groups is 1. The zero-order valence-corrected chi connectivity index (χ0v) is 12.2. The van der Waals surface area contributed by atoms with Gasteiger partial charge in [0.05, 0.1) is 6.42 Å². The highest BCUT2D eigenvalue weighted by Crippen LogP contribution is 2.12. The molecule has 5 nitrogen and oxygen atoms in total. The van der Waals surface area contributed by atoms with Crippen molar-refractivity contribution in [1.82, 2.24) is 5.32 Å². The second-order valence-electron chi connectivity index (χ2n) is 5.65. The topological polar surface area (TPSA) is 78.4 Å². The number of benzene rings is 1. The summed E-state index contributed by atoms with van der Waals surface area (Å²) in [6.45, 7) is 5.68. The van der Waals surface area contributed by atoms with Crippen LogP contribution in [0.5, 0.6) is 0 Å². The van der Waals surface area contributed by atoms with Gasteiger partial charge in [-0.2, -0.15) is 0 Å². The standard InChI is InChI=1S/C15H22N2O3/c1-11(19)17-13-6-4-12(5-7-13)8-14(20)16-9-15(2,3)10-18/h4-7,18H,8-10H2,1-3H3,(H,16,20)(H,17,19). The molecular weight excluding hydrogens is 256 g/mol. The molecule has 1 aromatic carbocycles. The lowest BCUT2D eigenvalue weighted by atomic mass is 9.95. The van der Waals surface area contributed by atoms with E-state index in [2.05, 4.69) is 10.6 Å². The predicted molar refractivity (Wildman–Crippen MR) is 78.3 cm³/mol. The third-order valence-electron chi connectivity index (χ3n) is 2.83. The molecule has 110 valence electrons. The van der Waals surface area contributed by atoms with Crippen molar-refractivity contribution in [1.29, 1.82) is 0 Å². The molecule has 0 heterocycles. The Morgan fingerprint density at radius 3 is 2.30 bits per heavy atom. The number of carbonyl (C=O) groups is 2. The van der Waals surface area contributed by atoms with Crippen LogP contribution in [0, 0.1) is 5.41 Å². The number of nitrogens with one attached hydrogen (secondary N) is 2. The van der Waals surface area contributed by atoms with E-state index in [1.807, 2.05) is 26.0 Å². The summed E-state index contributed by atoms with van der Waals surface area (Å²) < 4.78 is 0. The van der Waals surface area contributed by atoms with E-state index >= 15 is 0 Å². The van der Waals surface area contributed by atoms with E-state index in [0.29, 0.717) is 12.2 Å². The monoisotopic (exact) mass is 278 g/mol. The van der Waals surface area contributed by atoms with Crippen LogP contribution in [0.4, 0.5) is 5.69 Å². The molecule has 0 aliphatic carbocycles. The van der Waals surface area contributed by atoms with Crippen LogP contribution in [0.3, 0.4) is 0 Å². The summed E-state index contributed by atoms with van der Waals surface area (Å²) in [7, 11) is 0. The summed E-state index contributed by atoms with van der Waals surface area (Å²) in [4.78, 5) is 22.7. The van der Waals surface area contributed by atoms with E-state index in [-0.39, 0.29) is 30.3 Å². The normalized spacial score (nSPS) is 11.0. The molecule has 5 heteroatoms. The van der Waals surface area contributed by atoms with Gasteiger partial charge in [-0.05, 0) is 17.7 Å². The van der Waals surface area contributed by atoms with Crippen molar-refractivity contribution in [2.24, 2.45) is 5.41 Å². The van der Waals surface area contributed by atoms with Crippen molar-refractivity contribution in [2.45, 2.75) is 27.2 Å². The Morgan fingerprint density at radius 2 is 1.80 bits per heavy atom. The lowest BCUT2D eigenvalue weighted by molar-refractivity contribution is -0.121. The summed E-state index contributed by atoms with van der Waals surface area (Å²) in [6, 6.07) is 7.15. The van der Waals surface area contributed by atoms with E-state index in [4.69, 9.17) is 5.11 Å². The first-order valence-electron chi connectivity index (χ1n) is 6.56. The van der Waals surface area contributed by atoms with Crippen LogP contribution in [0.1, 0.15) is 26.3 Å². The third kappa shape index (κ3) is 5.84. The summed E-state index contributed by atoms with van der Waals surface area (Å²) in [6.07, 6.45) is 0.280. The number of hydrogen-bond acceptors (Lipinski definition) is 3. The van der Waals surface area contributed by atoms with Gasteiger partial charge in [0.25, 0.3) is 0 Å². The van der Waals surface area contributed by atoms with Crippen LogP contribution in [0.2, 0.25) is 0 Å². The Hall–Kier alpha value is -1.88. The van der Waals surface area contributed by atoms with E-state index in [0.717, 1.165) is 5.56 Å². The van der Waals surface area contributed by atoms with Gasteiger partial charge in [-0.25, -0.2) is 0 Å². The van der Waals surface area contributed by atoms with E-state index < -0.39 is 0 Å². The maximum Gasteiger partial charge on any atom is 0.224 e. The lowest BCUT2D eigenvalue weighted by Crippen LogP contribution is -2.36. The van der Waals surface area contributed by atoms with Gasteiger partial charge in [-0.1, -0.05) is 26.0 Å². The molecule has 0 bridgehead atoms. The molecular formula is C15H22N2O3. The highest BCUT2D eigenvalue weighted by atomic mass is 16.3. The van der Waals surface area contributed by atoms with Crippen molar-refractivity contribution in [2.75, 3.05) is 18.5 Å². The zero-order chi connectivity index (χ0) is 15.2. The van der Waals surface area contributed by atoms with Crippen LogP contribution in [-0.4, -0.2) is 30.1 Å². The highest BCUT2D eigenvalue weighted by Gasteiger charge is 2.17. The van der Waals surface area contributed by atoms with Gasteiger partial charge < -0.3 is 15.7 Å². The Morgan fingerprint density at radius 1 is 1.20 bits per heavy atom. The minimum atomic E-state index is -0.315. The molecule has 0 unspecified atom stereocenters. The quantitative estimate of drug-likeness (QED) is 0.734. The van der Waals surface area contributed by atoms with Crippen molar-refractivity contribution in [3.63, 3.8) is 0 Å². The Kier molecular flexibility index (Phi) is 5.70. The first kappa shape index (κ1) is 16.2. The average Bonchev–Trinajstić information content (AvgIpc) is 2.38. The van der Waals surface area contributed by atoms with Gasteiger partial charge in [0, 0.05) is 31.2 Å². The van der Waals surface area contributed by atoms with E-state index in [1.54, 1.807) is 12.1 Å². The number of aliphatic hydroxyl groups excluding tert-OH is 1. The van der Waals surface area contributed by atoms with Gasteiger partial charge in [0.2, 0.25) is 11.8 Å². The molecule has 0 atom stereocenters. The largest absolute Gasteiger partial charge is 0.396 e. The predicted octanol–water partition coefficient (Wildman–Crippen LogP) is 1.32. The molecule has 0 spiro atoms. The van der Waals surface area contributed by atoms with Gasteiger partial charge >= 0.3 is 0 Å². The van der Waals surface area contributed by atoms with E-state index in [1.165, 1.54) is 6.92 Å². The fourth-order valence-electron chi connectivity index (χ4n) is 1.55. The minimum absolute atomic E-state index is 0.0265. The van der Waals surface area contributed by atoms with Crippen molar-refractivity contribution in [3.8, 4) is 0 Å². The summed E-state index contributed by atoms with van der Waals surface area (Å²) in [5.41, 5.74) is 1.27. The molecule has 3 N–H and O–H groups in total. The maximum atomic E-state index is 11.8.